The predicted octanol–water partition coefficient (Wildman–Crippen LogP) is 3.87. The van der Waals surface area contributed by atoms with Crippen LogP contribution in [0.1, 0.15) is 28.4 Å². The highest BCUT2D eigenvalue weighted by atomic mass is 127. The van der Waals surface area contributed by atoms with E-state index in [1.54, 1.807) is 11.3 Å². The molecule has 1 heterocycles. The van der Waals surface area contributed by atoms with Crippen molar-refractivity contribution in [2.45, 2.75) is 19.6 Å². The number of aliphatic imine (C=N–C) groups is 1. The maximum absolute atomic E-state index is 12.5. The lowest BCUT2D eigenvalue weighted by atomic mass is 10.1. The van der Waals surface area contributed by atoms with Gasteiger partial charge >= 0.3 is 6.18 Å². The lowest BCUT2D eigenvalue weighted by Gasteiger charge is -2.12. The number of hydrogen-bond donors (Lipinski definition) is 3. The first-order chi connectivity index (χ1) is 12.9. The largest absolute Gasteiger partial charge is 0.416 e. The highest BCUT2D eigenvalue weighted by Gasteiger charge is 2.30. The maximum Gasteiger partial charge on any atom is 0.416 e. The number of rotatable bonds is 7. The number of carbonyl (C=O) groups excluding carboxylic acids is 1. The van der Waals surface area contributed by atoms with Gasteiger partial charge in [-0.1, -0.05) is 0 Å². The molecular weight excluding hydrogens is 504 g/mol. The summed E-state index contributed by atoms with van der Waals surface area (Å²) in [6, 6.07) is 6.12. The number of alkyl halides is 3. The zero-order valence-electron chi connectivity index (χ0n) is 15.2. The Morgan fingerprint density at radius 3 is 2.32 bits per heavy atom. The Labute approximate surface area is 182 Å². The Kier molecular flexibility index (Phi) is 10.3. The predicted molar refractivity (Wildman–Crippen MR) is 116 cm³/mol. The molecule has 0 aliphatic rings. The van der Waals surface area contributed by atoms with Crippen LogP contribution in [0.2, 0.25) is 0 Å². The molecule has 0 saturated heterocycles. The molecule has 1 aromatic carbocycles. The Morgan fingerprint density at radius 2 is 1.75 bits per heavy atom. The van der Waals surface area contributed by atoms with E-state index in [1.807, 2.05) is 23.8 Å². The SMILES string of the molecule is CCNC(=NCc1ccsc1)NCCNC(=O)c1ccc(C(F)(F)F)cc1.I. The van der Waals surface area contributed by atoms with Crippen molar-refractivity contribution in [3.05, 3.63) is 57.8 Å². The second kappa shape index (κ2) is 11.9. The van der Waals surface area contributed by atoms with Crippen LogP contribution in [0.5, 0.6) is 0 Å². The number of guanidine groups is 1. The minimum absolute atomic E-state index is 0. The van der Waals surface area contributed by atoms with Crippen molar-refractivity contribution in [1.82, 2.24) is 16.0 Å². The summed E-state index contributed by atoms with van der Waals surface area (Å²) in [4.78, 5) is 16.4. The third-order valence-electron chi connectivity index (χ3n) is 3.52. The summed E-state index contributed by atoms with van der Waals surface area (Å²) < 4.78 is 37.6. The Balaban J connectivity index is 0.00000392. The molecule has 1 aromatic heterocycles. The fourth-order valence-corrected chi connectivity index (χ4v) is 2.82. The highest BCUT2D eigenvalue weighted by molar-refractivity contribution is 14.0. The number of benzene rings is 1. The number of hydrogen-bond acceptors (Lipinski definition) is 3. The fourth-order valence-electron chi connectivity index (χ4n) is 2.16. The molecule has 0 aliphatic carbocycles. The molecule has 0 unspecified atom stereocenters. The third kappa shape index (κ3) is 8.05. The molecule has 28 heavy (non-hydrogen) atoms. The second-order valence-electron chi connectivity index (χ2n) is 5.58. The average molecular weight is 526 g/mol. The summed E-state index contributed by atoms with van der Waals surface area (Å²) in [5.41, 5.74) is 0.520. The summed E-state index contributed by atoms with van der Waals surface area (Å²) >= 11 is 1.61. The summed E-state index contributed by atoms with van der Waals surface area (Å²) in [5, 5.41) is 12.9. The van der Waals surface area contributed by atoms with Crippen LogP contribution < -0.4 is 16.0 Å². The molecule has 2 rings (SSSR count). The van der Waals surface area contributed by atoms with Gasteiger partial charge in [-0.2, -0.15) is 24.5 Å². The van der Waals surface area contributed by atoms with E-state index in [9.17, 15) is 18.0 Å². The highest BCUT2D eigenvalue weighted by Crippen LogP contribution is 2.29. The van der Waals surface area contributed by atoms with E-state index in [4.69, 9.17) is 0 Å². The van der Waals surface area contributed by atoms with Crippen LogP contribution >= 0.6 is 35.3 Å². The fraction of sp³-hybridized carbons (Fsp3) is 0.333. The van der Waals surface area contributed by atoms with Gasteiger partial charge in [-0.25, -0.2) is 4.99 Å². The van der Waals surface area contributed by atoms with Crippen molar-refractivity contribution in [3.8, 4) is 0 Å². The Morgan fingerprint density at radius 1 is 1.07 bits per heavy atom. The van der Waals surface area contributed by atoms with E-state index in [0.29, 0.717) is 32.1 Å². The van der Waals surface area contributed by atoms with Gasteiger partial charge in [0.2, 0.25) is 0 Å². The van der Waals surface area contributed by atoms with Crippen LogP contribution in [0.15, 0.2) is 46.1 Å². The van der Waals surface area contributed by atoms with Gasteiger partial charge in [-0.3, -0.25) is 4.79 Å². The summed E-state index contributed by atoms with van der Waals surface area (Å²) in [6.07, 6.45) is -4.41. The second-order valence-corrected chi connectivity index (χ2v) is 6.36. The zero-order valence-corrected chi connectivity index (χ0v) is 18.3. The van der Waals surface area contributed by atoms with Crippen molar-refractivity contribution in [2.75, 3.05) is 19.6 Å². The standard InChI is InChI=1S/C18H21F3N4OS.HI/c1-2-22-17(25-11-13-7-10-27-12-13)24-9-8-23-16(26)14-3-5-15(6-4-14)18(19,20)21;/h3-7,10,12H,2,8-9,11H2,1H3,(H,23,26)(H2,22,24,25);1H. The molecule has 0 fully saturated rings. The molecule has 2 aromatic rings. The topological polar surface area (TPSA) is 65.5 Å². The first kappa shape index (κ1) is 24.2. The van der Waals surface area contributed by atoms with Gasteiger partial charge < -0.3 is 16.0 Å². The van der Waals surface area contributed by atoms with Crippen LogP contribution in [-0.2, 0) is 12.7 Å². The molecule has 0 bridgehead atoms. The number of nitrogens with zero attached hydrogens (tertiary/aromatic N) is 1. The summed E-state index contributed by atoms with van der Waals surface area (Å²) in [7, 11) is 0. The molecular formula is C18H22F3IN4OS. The molecule has 5 nitrogen and oxygen atoms in total. The van der Waals surface area contributed by atoms with E-state index in [2.05, 4.69) is 20.9 Å². The first-order valence-corrected chi connectivity index (χ1v) is 9.33. The number of amides is 1. The number of halogens is 4. The first-order valence-electron chi connectivity index (χ1n) is 8.39. The van der Waals surface area contributed by atoms with E-state index in [-0.39, 0.29) is 29.5 Å². The Hall–Kier alpha value is -1.82. The van der Waals surface area contributed by atoms with Crippen LogP contribution in [0.25, 0.3) is 0 Å². The van der Waals surface area contributed by atoms with Crippen molar-refractivity contribution in [3.63, 3.8) is 0 Å². The molecule has 10 heteroatoms. The smallest absolute Gasteiger partial charge is 0.357 e. The number of carbonyl (C=O) groups is 1. The van der Waals surface area contributed by atoms with E-state index >= 15 is 0 Å². The number of nitrogens with one attached hydrogen (secondary N) is 3. The maximum atomic E-state index is 12.5. The van der Waals surface area contributed by atoms with Crippen molar-refractivity contribution < 1.29 is 18.0 Å². The Bertz CT molecular complexity index is 749. The summed E-state index contributed by atoms with van der Waals surface area (Å²) in [5.74, 6) is 0.207. The molecule has 0 saturated carbocycles. The monoisotopic (exact) mass is 526 g/mol. The van der Waals surface area contributed by atoms with Crippen molar-refractivity contribution in [1.29, 1.82) is 0 Å². The van der Waals surface area contributed by atoms with Gasteiger partial charge in [0.1, 0.15) is 0 Å². The average Bonchev–Trinajstić information content (AvgIpc) is 3.16. The quantitative estimate of drug-likeness (QED) is 0.222. The number of thiophene rings is 1. The minimum atomic E-state index is -4.41. The van der Waals surface area contributed by atoms with E-state index in [0.717, 1.165) is 29.8 Å². The molecule has 0 radical (unpaired) electrons. The van der Waals surface area contributed by atoms with Gasteiger partial charge in [0, 0.05) is 25.2 Å². The van der Waals surface area contributed by atoms with Crippen LogP contribution in [0.3, 0.4) is 0 Å². The van der Waals surface area contributed by atoms with Gasteiger partial charge in [-0.15, -0.1) is 24.0 Å². The molecule has 0 spiro atoms. The van der Waals surface area contributed by atoms with Gasteiger partial charge in [-0.05, 0) is 53.6 Å². The lowest BCUT2D eigenvalue weighted by Crippen LogP contribution is -2.41. The van der Waals surface area contributed by atoms with Gasteiger partial charge in [0.25, 0.3) is 5.91 Å². The minimum Gasteiger partial charge on any atom is -0.357 e. The molecule has 1 amide bonds. The van der Waals surface area contributed by atoms with E-state index in [1.165, 1.54) is 0 Å². The zero-order chi connectivity index (χ0) is 19.7. The van der Waals surface area contributed by atoms with Crippen LogP contribution in [0.4, 0.5) is 13.2 Å². The molecule has 0 aliphatic heterocycles. The van der Waals surface area contributed by atoms with Crippen LogP contribution in [0, 0.1) is 0 Å². The van der Waals surface area contributed by atoms with Crippen molar-refractivity contribution in [2.24, 2.45) is 4.99 Å². The molecule has 0 atom stereocenters. The van der Waals surface area contributed by atoms with Gasteiger partial charge in [0.05, 0.1) is 12.1 Å². The summed E-state index contributed by atoms with van der Waals surface area (Å²) in [6.45, 7) is 3.95. The van der Waals surface area contributed by atoms with Crippen molar-refractivity contribution >= 4 is 47.2 Å². The normalized spacial score (nSPS) is 11.5. The lowest BCUT2D eigenvalue weighted by molar-refractivity contribution is -0.137. The van der Waals surface area contributed by atoms with Crippen LogP contribution in [-0.4, -0.2) is 31.5 Å². The van der Waals surface area contributed by atoms with E-state index < -0.39 is 17.6 Å². The molecule has 154 valence electrons. The van der Waals surface area contributed by atoms with Gasteiger partial charge in [0.15, 0.2) is 5.96 Å². The molecule has 3 N–H and O–H groups in total. The third-order valence-corrected chi connectivity index (χ3v) is 4.25.